The molecular weight excluding hydrogens is 286 g/mol. The van der Waals surface area contributed by atoms with E-state index in [1.807, 2.05) is 18.2 Å². The quantitative estimate of drug-likeness (QED) is 0.790. The van der Waals surface area contributed by atoms with Crippen molar-refractivity contribution in [3.8, 4) is 16.9 Å². The first-order valence-electron chi connectivity index (χ1n) is 6.34. The van der Waals surface area contributed by atoms with Gasteiger partial charge in [0.1, 0.15) is 5.75 Å². The highest BCUT2D eigenvalue weighted by Gasteiger charge is 2.14. The van der Waals surface area contributed by atoms with E-state index in [0.29, 0.717) is 5.52 Å². The van der Waals surface area contributed by atoms with Crippen molar-refractivity contribution < 1.29 is 13.5 Å². The number of nitrogens with zero attached hydrogens (tertiary/aromatic N) is 1. The Labute approximate surface area is 122 Å². The van der Waals surface area contributed by atoms with Gasteiger partial charge in [0.15, 0.2) is 9.84 Å². The average Bonchev–Trinajstić information content (AvgIpc) is 2.45. The second-order valence-electron chi connectivity index (χ2n) is 4.83. The number of phenols is 1. The van der Waals surface area contributed by atoms with E-state index in [1.165, 1.54) is 6.26 Å². The Bertz CT molecular complexity index is 933. The first-order valence-corrected chi connectivity index (χ1v) is 8.23. The van der Waals surface area contributed by atoms with E-state index in [4.69, 9.17) is 0 Å². The normalized spacial score (nSPS) is 11.7. The van der Waals surface area contributed by atoms with E-state index in [9.17, 15) is 13.5 Å². The van der Waals surface area contributed by atoms with E-state index in [2.05, 4.69) is 4.98 Å². The fourth-order valence-electron chi connectivity index (χ4n) is 2.37. The molecule has 0 fully saturated rings. The SMILES string of the molecule is CS(=O)(=O)c1cccc2c(-c3cccc(O)c3)ccnc12. The van der Waals surface area contributed by atoms with Crippen LogP contribution in [0.5, 0.6) is 5.75 Å². The molecule has 3 rings (SSSR count). The van der Waals surface area contributed by atoms with Crippen molar-refractivity contribution in [2.24, 2.45) is 0 Å². The van der Waals surface area contributed by atoms with Crippen LogP contribution >= 0.6 is 0 Å². The van der Waals surface area contributed by atoms with Crippen molar-refractivity contribution in [1.29, 1.82) is 0 Å². The molecule has 0 radical (unpaired) electrons. The first kappa shape index (κ1) is 13.6. The molecule has 4 nitrogen and oxygen atoms in total. The summed E-state index contributed by atoms with van der Waals surface area (Å²) in [5.74, 6) is 0.164. The van der Waals surface area contributed by atoms with Crippen LogP contribution in [0.25, 0.3) is 22.0 Å². The zero-order valence-corrected chi connectivity index (χ0v) is 12.1. The molecular formula is C16H13NO3S. The summed E-state index contributed by atoms with van der Waals surface area (Å²) in [4.78, 5) is 4.42. The Balaban J connectivity index is 2.37. The van der Waals surface area contributed by atoms with E-state index < -0.39 is 9.84 Å². The fourth-order valence-corrected chi connectivity index (χ4v) is 3.21. The molecule has 1 N–H and O–H groups in total. The molecule has 0 amide bonds. The molecule has 0 atom stereocenters. The van der Waals surface area contributed by atoms with Crippen LogP contribution in [0.15, 0.2) is 59.6 Å². The van der Waals surface area contributed by atoms with Gasteiger partial charge in [0.05, 0.1) is 10.4 Å². The molecule has 106 valence electrons. The molecule has 0 spiro atoms. The lowest BCUT2D eigenvalue weighted by Gasteiger charge is -2.09. The van der Waals surface area contributed by atoms with Crippen molar-refractivity contribution >= 4 is 20.7 Å². The molecule has 1 heterocycles. The molecule has 21 heavy (non-hydrogen) atoms. The molecule has 5 heteroatoms. The predicted octanol–water partition coefficient (Wildman–Crippen LogP) is 3.01. The van der Waals surface area contributed by atoms with Crippen molar-refractivity contribution in [2.75, 3.05) is 6.26 Å². The van der Waals surface area contributed by atoms with Crippen LogP contribution in [-0.2, 0) is 9.84 Å². The summed E-state index contributed by atoms with van der Waals surface area (Å²) in [5.41, 5.74) is 2.09. The lowest BCUT2D eigenvalue weighted by molar-refractivity contribution is 0.475. The Morgan fingerprint density at radius 1 is 1.05 bits per heavy atom. The van der Waals surface area contributed by atoms with Gasteiger partial charge in [0.2, 0.25) is 0 Å². The van der Waals surface area contributed by atoms with E-state index in [0.717, 1.165) is 16.5 Å². The van der Waals surface area contributed by atoms with Crippen LogP contribution in [0.2, 0.25) is 0 Å². The predicted molar refractivity (Wildman–Crippen MR) is 82.0 cm³/mol. The Morgan fingerprint density at radius 3 is 2.52 bits per heavy atom. The summed E-state index contributed by atoms with van der Waals surface area (Å²) in [7, 11) is -3.35. The second kappa shape index (κ2) is 4.86. The molecule has 0 saturated carbocycles. The number of sulfone groups is 1. The second-order valence-corrected chi connectivity index (χ2v) is 6.82. The Hall–Kier alpha value is -2.40. The van der Waals surface area contributed by atoms with Crippen molar-refractivity contribution in [3.05, 3.63) is 54.7 Å². The van der Waals surface area contributed by atoms with Crippen LogP contribution in [0.4, 0.5) is 0 Å². The number of hydrogen-bond acceptors (Lipinski definition) is 4. The summed E-state index contributed by atoms with van der Waals surface area (Å²) in [6, 6.07) is 13.7. The number of para-hydroxylation sites is 1. The van der Waals surface area contributed by atoms with Gasteiger partial charge in [-0.15, -0.1) is 0 Å². The summed E-state index contributed by atoms with van der Waals surface area (Å²) >= 11 is 0. The van der Waals surface area contributed by atoms with Crippen LogP contribution < -0.4 is 0 Å². The molecule has 0 unspecified atom stereocenters. The summed E-state index contributed by atoms with van der Waals surface area (Å²) in [6.07, 6.45) is 2.75. The molecule has 0 aliphatic carbocycles. The van der Waals surface area contributed by atoms with Gasteiger partial charge in [-0.1, -0.05) is 24.3 Å². The maximum Gasteiger partial charge on any atom is 0.177 e. The number of pyridine rings is 1. The van der Waals surface area contributed by atoms with Crippen LogP contribution in [0, 0.1) is 0 Å². The number of fused-ring (bicyclic) bond motifs is 1. The van der Waals surface area contributed by atoms with Gasteiger partial charge in [-0.25, -0.2) is 8.42 Å². The number of benzene rings is 2. The molecule has 0 saturated heterocycles. The zero-order valence-electron chi connectivity index (χ0n) is 11.3. The number of aromatic nitrogens is 1. The first-order chi connectivity index (χ1) is 9.97. The lowest BCUT2D eigenvalue weighted by atomic mass is 10.0. The Morgan fingerprint density at radius 2 is 1.81 bits per heavy atom. The van der Waals surface area contributed by atoms with Crippen LogP contribution in [-0.4, -0.2) is 24.8 Å². The summed E-state index contributed by atoms with van der Waals surface area (Å²) in [5, 5.41) is 10.4. The molecule has 1 aromatic heterocycles. The van der Waals surface area contributed by atoms with Gasteiger partial charge >= 0.3 is 0 Å². The van der Waals surface area contributed by atoms with Gasteiger partial charge < -0.3 is 5.11 Å². The molecule has 0 aliphatic rings. The van der Waals surface area contributed by atoms with Crippen LogP contribution in [0.1, 0.15) is 0 Å². The number of hydrogen-bond donors (Lipinski definition) is 1. The molecule has 0 bridgehead atoms. The minimum Gasteiger partial charge on any atom is -0.508 e. The highest BCUT2D eigenvalue weighted by Crippen LogP contribution is 2.31. The third-order valence-electron chi connectivity index (χ3n) is 3.29. The van der Waals surface area contributed by atoms with Crippen molar-refractivity contribution in [1.82, 2.24) is 4.98 Å². The monoisotopic (exact) mass is 299 g/mol. The number of aromatic hydroxyl groups is 1. The van der Waals surface area contributed by atoms with Crippen LogP contribution in [0.3, 0.4) is 0 Å². The van der Waals surface area contributed by atoms with Gasteiger partial charge in [-0.05, 0) is 35.4 Å². The molecule has 0 aliphatic heterocycles. The van der Waals surface area contributed by atoms with Gasteiger partial charge in [-0.2, -0.15) is 0 Å². The molecule has 2 aromatic carbocycles. The maximum absolute atomic E-state index is 11.9. The summed E-state index contributed by atoms with van der Waals surface area (Å²) in [6.45, 7) is 0. The van der Waals surface area contributed by atoms with E-state index in [1.54, 1.807) is 36.5 Å². The van der Waals surface area contributed by atoms with Crippen molar-refractivity contribution in [2.45, 2.75) is 4.90 Å². The third kappa shape index (κ3) is 2.48. The van der Waals surface area contributed by atoms with Gasteiger partial charge in [0, 0.05) is 17.8 Å². The summed E-state index contributed by atoms with van der Waals surface area (Å²) < 4.78 is 23.7. The van der Waals surface area contributed by atoms with Gasteiger partial charge in [-0.3, -0.25) is 4.98 Å². The minimum absolute atomic E-state index is 0.164. The minimum atomic E-state index is -3.35. The standard InChI is InChI=1S/C16H13NO3S/c1-21(19,20)15-7-3-6-14-13(8-9-17-16(14)15)11-4-2-5-12(18)10-11/h2-10,18H,1H3. The number of rotatable bonds is 2. The van der Waals surface area contributed by atoms with E-state index in [-0.39, 0.29) is 10.6 Å². The lowest BCUT2D eigenvalue weighted by Crippen LogP contribution is -1.99. The van der Waals surface area contributed by atoms with E-state index >= 15 is 0 Å². The van der Waals surface area contributed by atoms with Crippen molar-refractivity contribution in [3.63, 3.8) is 0 Å². The highest BCUT2D eigenvalue weighted by atomic mass is 32.2. The molecule has 3 aromatic rings. The third-order valence-corrected chi connectivity index (χ3v) is 4.42. The maximum atomic E-state index is 11.9. The zero-order chi connectivity index (χ0) is 15.0. The highest BCUT2D eigenvalue weighted by molar-refractivity contribution is 7.91. The largest absolute Gasteiger partial charge is 0.508 e. The Kier molecular flexibility index (Phi) is 3.14. The smallest absolute Gasteiger partial charge is 0.177 e. The number of phenolic OH excluding ortho intramolecular Hbond substituents is 1. The topological polar surface area (TPSA) is 67.3 Å². The fraction of sp³-hybridized carbons (Fsp3) is 0.0625. The van der Waals surface area contributed by atoms with Gasteiger partial charge in [0.25, 0.3) is 0 Å². The average molecular weight is 299 g/mol.